The predicted octanol–water partition coefficient (Wildman–Crippen LogP) is 1.24. The summed E-state index contributed by atoms with van der Waals surface area (Å²) in [5, 5.41) is 5.27. The lowest BCUT2D eigenvalue weighted by atomic mass is 10.2. The molecule has 0 heterocycles. The maximum Gasteiger partial charge on any atom is 0.250 e. The van der Waals surface area contributed by atoms with E-state index in [-0.39, 0.29) is 18.4 Å². The first kappa shape index (κ1) is 14.0. The highest BCUT2D eigenvalue weighted by Crippen LogP contribution is 2.27. The van der Waals surface area contributed by atoms with Gasteiger partial charge >= 0.3 is 0 Å². The first-order valence-corrected chi connectivity index (χ1v) is 5.31. The number of nitrogens with one attached hydrogen (secondary N) is 2. The van der Waals surface area contributed by atoms with E-state index in [1.807, 2.05) is 0 Å². The van der Waals surface area contributed by atoms with Crippen molar-refractivity contribution in [1.82, 2.24) is 0 Å². The molecule has 0 spiro atoms. The summed E-state index contributed by atoms with van der Waals surface area (Å²) in [6, 6.07) is 4.95. The van der Waals surface area contributed by atoms with Gasteiger partial charge in [0.05, 0.1) is 12.8 Å². The van der Waals surface area contributed by atoms with Crippen molar-refractivity contribution in [3.8, 4) is 5.75 Å². The fourth-order valence-electron chi connectivity index (χ4n) is 1.39. The van der Waals surface area contributed by atoms with Gasteiger partial charge in [0.2, 0.25) is 11.8 Å². The van der Waals surface area contributed by atoms with Crippen molar-refractivity contribution in [3.63, 3.8) is 0 Å². The lowest BCUT2D eigenvalue weighted by Gasteiger charge is -2.11. The van der Waals surface area contributed by atoms with Crippen LogP contribution in [-0.2, 0) is 14.3 Å². The second kappa shape index (κ2) is 6.61. The van der Waals surface area contributed by atoms with Crippen molar-refractivity contribution in [2.75, 3.05) is 31.5 Å². The summed E-state index contributed by atoms with van der Waals surface area (Å²) in [6.45, 7) is 1.39. The zero-order chi connectivity index (χ0) is 13.5. The van der Waals surface area contributed by atoms with Crippen LogP contribution < -0.4 is 15.4 Å². The van der Waals surface area contributed by atoms with Crippen LogP contribution in [0.2, 0.25) is 0 Å². The molecule has 1 rings (SSSR count). The zero-order valence-electron chi connectivity index (χ0n) is 10.6. The normalized spacial score (nSPS) is 9.72. The van der Waals surface area contributed by atoms with E-state index in [2.05, 4.69) is 10.6 Å². The van der Waals surface area contributed by atoms with E-state index in [9.17, 15) is 9.59 Å². The number of hydrogen-bond donors (Lipinski definition) is 2. The number of methoxy groups -OCH3 is 2. The molecule has 1 aromatic carbocycles. The van der Waals surface area contributed by atoms with E-state index in [4.69, 9.17) is 9.47 Å². The summed E-state index contributed by atoms with van der Waals surface area (Å²) in [5.41, 5.74) is 1.12. The Kier molecular flexibility index (Phi) is 5.13. The molecule has 2 amide bonds. The van der Waals surface area contributed by atoms with Gasteiger partial charge in [0.1, 0.15) is 12.4 Å². The van der Waals surface area contributed by atoms with E-state index in [1.54, 1.807) is 18.2 Å². The molecule has 98 valence electrons. The summed E-state index contributed by atoms with van der Waals surface area (Å²) in [7, 11) is 2.93. The van der Waals surface area contributed by atoms with E-state index < -0.39 is 0 Å². The second-order valence-corrected chi connectivity index (χ2v) is 3.58. The van der Waals surface area contributed by atoms with Crippen molar-refractivity contribution in [1.29, 1.82) is 0 Å². The molecule has 0 aliphatic carbocycles. The van der Waals surface area contributed by atoms with E-state index in [0.29, 0.717) is 17.1 Å². The lowest BCUT2D eigenvalue weighted by Crippen LogP contribution is -2.17. The lowest BCUT2D eigenvalue weighted by molar-refractivity contribution is -0.119. The third kappa shape index (κ3) is 4.06. The standard InChI is InChI=1S/C12H16N2O4/c1-8(15)13-10-5-4-9(6-11(10)18-3)14-12(16)7-17-2/h4-6H,7H2,1-3H3,(H,13,15)(H,14,16). The van der Waals surface area contributed by atoms with Crippen molar-refractivity contribution < 1.29 is 19.1 Å². The van der Waals surface area contributed by atoms with Gasteiger partial charge < -0.3 is 20.1 Å². The number of ether oxygens (including phenoxy) is 2. The van der Waals surface area contributed by atoms with Crippen LogP contribution in [0.3, 0.4) is 0 Å². The molecule has 6 heteroatoms. The molecule has 2 N–H and O–H groups in total. The maximum absolute atomic E-state index is 11.3. The fraction of sp³-hybridized carbons (Fsp3) is 0.333. The largest absolute Gasteiger partial charge is 0.494 e. The van der Waals surface area contributed by atoms with Crippen molar-refractivity contribution in [2.45, 2.75) is 6.92 Å². The summed E-state index contributed by atoms with van der Waals surface area (Å²) < 4.78 is 9.84. The topological polar surface area (TPSA) is 76.7 Å². The van der Waals surface area contributed by atoms with Crippen LogP contribution in [0.15, 0.2) is 18.2 Å². The SMILES string of the molecule is COCC(=O)Nc1ccc(NC(C)=O)c(OC)c1. The Hall–Kier alpha value is -2.08. The maximum atomic E-state index is 11.3. The summed E-state index contributed by atoms with van der Waals surface area (Å²) in [6.07, 6.45) is 0. The Labute approximate surface area is 105 Å². The minimum atomic E-state index is -0.258. The molecule has 0 bridgehead atoms. The van der Waals surface area contributed by atoms with Gasteiger partial charge in [0.15, 0.2) is 0 Å². The average Bonchev–Trinajstić information content (AvgIpc) is 2.30. The second-order valence-electron chi connectivity index (χ2n) is 3.58. The van der Waals surface area contributed by atoms with E-state index in [1.165, 1.54) is 21.1 Å². The monoisotopic (exact) mass is 252 g/mol. The quantitative estimate of drug-likeness (QED) is 0.826. The minimum Gasteiger partial charge on any atom is -0.494 e. The first-order chi connectivity index (χ1) is 8.56. The first-order valence-electron chi connectivity index (χ1n) is 5.31. The third-order valence-corrected chi connectivity index (χ3v) is 2.07. The van der Waals surface area contributed by atoms with Crippen LogP contribution in [0.4, 0.5) is 11.4 Å². The molecule has 0 saturated carbocycles. The Morgan fingerprint density at radius 1 is 1.22 bits per heavy atom. The number of benzene rings is 1. The highest BCUT2D eigenvalue weighted by atomic mass is 16.5. The molecule has 0 unspecified atom stereocenters. The Balaban J connectivity index is 2.84. The fourth-order valence-corrected chi connectivity index (χ4v) is 1.39. The Bertz CT molecular complexity index is 446. The van der Waals surface area contributed by atoms with E-state index in [0.717, 1.165) is 0 Å². The number of amides is 2. The molecule has 6 nitrogen and oxygen atoms in total. The van der Waals surface area contributed by atoms with Gasteiger partial charge in [0, 0.05) is 25.8 Å². The van der Waals surface area contributed by atoms with Crippen molar-refractivity contribution >= 4 is 23.2 Å². The van der Waals surface area contributed by atoms with Gasteiger partial charge in [-0.05, 0) is 12.1 Å². The van der Waals surface area contributed by atoms with E-state index >= 15 is 0 Å². The van der Waals surface area contributed by atoms with Gasteiger partial charge in [-0.1, -0.05) is 0 Å². The van der Waals surface area contributed by atoms with Crippen molar-refractivity contribution in [2.24, 2.45) is 0 Å². The number of hydrogen-bond acceptors (Lipinski definition) is 4. The van der Waals surface area contributed by atoms with Gasteiger partial charge in [-0.15, -0.1) is 0 Å². The zero-order valence-corrected chi connectivity index (χ0v) is 10.6. The van der Waals surface area contributed by atoms with Crippen LogP contribution >= 0.6 is 0 Å². The molecule has 1 aromatic rings. The highest BCUT2D eigenvalue weighted by Gasteiger charge is 2.07. The molecule has 0 saturated heterocycles. The molecule has 18 heavy (non-hydrogen) atoms. The van der Waals surface area contributed by atoms with Crippen LogP contribution in [0, 0.1) is 0 Å². The average molecular weight is 252 g/mol. The van der Waals surface area contributed by atoms with Gasteiger partial charge in [-0.25, -0.2) is 0 Å². The van der Waals surface area contributed by atoms with Crippen LogP contribution in [-0.4, -0.2) is 32.6 Å². The van der Waals surface area contributed by atoms with Gasteiger partial charge in [-0.2, -0.15) is 0 Å². The van der Waals surface area contributed by atoms with Crippen LogP contribution in [0.1, 0.15) is 6.92 Å². The number of carbonyl (C=O) groups is 2. The van der Waals surface area contributed by atoms with Gasteiger partial charge in [0.25, 0.3) is 0 Å². The van der Waals surface area contributed by atoms with Crippen LogP contribution in [0.25, 0.3) is 0 Å². The third-order valence-electron chi connectivity index (χ3n) is 2.07. The molecule has 0 aliphatic rings. The molecule has 0 fully saturated rings. The Morgan fingerprint density at radius 3 is 2.50 bits per heavy atom. The number of carbonyl (C=O) groups excluding carboxylic acids is 2. The van der Waals surface area contributed by atoms with Crippen molar-refractivity contribution in [3.05, 3.63) is 18.2 Å². The molecular formula is C12H16N2O4. The minimum absolute atomic E-state index is 0.0181. The molecule has 0 aromatic heterocycles. The van der Waals surface area contributed by atoms with Gasteiger partial charge in [-0.3, -0.25) is 9.59 Å². The van der Waals surface area contributed by atoms with Crippen LogP contribution in [0.5, 0.6) is 5.75 Å². The Morgan fingerprint density at radius 2 is 1.94 bits per heavy atom. The highest BCUT2D eigenvalue weighted by molar-refractivity contribution is 5.94. The number of rotatable bonds is 5. The molecular weight excluding hydrogens is 236 g/mol. The number of anilines is 2. The summed E-state index contributed by atoms with van der Waals surface area (Å²) >= 11 is 0. The molecule has 0 radical (unpaired) electrons. The predicted molar refractivity (Wildman–Crippen MR) is 67.8 cm³/mol. The molecule has 0 atom stereocenters. The molecule has 0 aliphatic heterocycles. The smallest absolute Gasteiger partial charge is 0.250 e. The summed E-state index contributed by atoms with van der Waals surface area (Å²) in [4.78, 5) is 22.3. The summed E-state index contributed by atoms with van der Waals surface area (Å²) in [5.74, 6) is 0.0247.